The number of hydrogen-bond donors (Lipinski definition) is 1. The maximum absolute atomic E-state index is 13.1. The zero-order chi connectivity index (χ0) is 17.3. The van der Waals surface area contributed by atoms with Gasteiger partial charge >= 0.3 is 0 Å². The number of anilines is 1. The van der Waals surface area contributed by atoms with Crippen LogP contribution < -0.4 is 9.64 Å². The molecule has 0 unspecified atom stereocenters. The Balaban J connectivity index is 1.68. The molecule has 1 amide bonds. The van der Waals surface area contributed by atoms with Crippen molar-refractivity contribution in [2.24, 2.45) is 0 Å². The van der Waals surface area contributed by atoms with Gasteiger partial charge in [0.25, 0.3) is 0 Å². The zero-order valence-electron chi connectivity index (χ0n) is 13.8. The van der Waals surface area contributed by atoms with Crippen LogP contribution in [0.3, 0.4) is 0 Å². The lowest BCUT2D eigenvalue weighted by atomic mass is 9.91. The van der Waals surface area contributed by atoms with Gasteiger partial charge in [-0.1, -0.05) is 18.2 Å². The quantitative estimate of drug-likeness (QED) is 0.614. The summed E-state index contributed by atoms with van der Waals surface area (Å²) < 4.78 is 6.65. The molecule has 2 aromatic carbocycles. The van der Waals surface area contributed by atoms with E-state index in [4.69, 9.17) is 4.74 Å². The summed E-state index contributed by atoms with van der Waals surface area (Å²) in [5, 5.41) is 8.43. The van der Waals surface area contributed by atoms with Gasteiger partial charge in [0.1, 0.15) is 9.45 Å². The third kappa shape index (κ3) is 1.83. The summed E-state index contributed by atoms with van der Waals surface area (Å²) in [5.74, 6) is 1.13. The highest BCUT2D eigenvalue weighted by molar-refractivity contribution is 14.1. The molecule has 0 saturated heterocycles. The van der Waals surface area contributed by atoms with E-state index in [0.717, 1.165) is 43.6 Å². The number of para-hydroxylation sites is 1. The van der Waals surface area contributed by atoms with Crippen molar-refractivity contribution in [1.82, 2.24) is 10.2 Å². The SMILES string of the molecule is COc1cc2c(I)[nH]nc2cc1[C@@H]1C[C@@]12C(=O)N(C)c1ccccc12. The van der Waals surface area contributed by atoms with Crippen LogP contribution in [0.5, 0.6) is 5.75 Å². The van der Waals surface area contributed by atoms with Crippen molar-refractivity contribution < 1.29 is 9.53 Å². The second kappa shape index (κ2) is 4.97. The van der Waals surface area contributed by atoms with Crippen LogP contribution in [0, 0.1) is 3.70 Å². The van der Waals surface area contributed by atoms with Crippen LogP contribution >= 0.6 is 22.6 Å². The van der Waals surface area contributed by atoms with Gasteiger partial charge in [0, 0.05) is 29.6 Å². The van der Waals surface area contributed by atoms with Gasteiger partial charge < -0.3 is 9.64 Å². The molecule has 1 aliphatic carbocycles. The topological polar surface area (TPSA) is 58.2 Å². The predicted molar refractivity (Wildman–Crippen MR) is 104 cm³/mol. The molecule has 25 heavy (non-hydrogen) atoms. The predicted octanol–water partition coefficient (Wildman–Crippen LogP) is 3.58. The highest BCUT2D eigenvalue weighted by Crippen LogP contribution is 2.67. The minimum atomic E-state index is -0.449. The van der Waals surface area contributed by atoms with Crippen molar-refractivity contribution in [3.63, 3.8) is 0 Å². The number of likely N-dealkylation sites (N-methyl/N-ethyl adjacent to an activating group) is 1. The van der Waals surface area contributed by atoms with E-state index in [0.29, 0.717) is 0 Å². The number of aromatic amines is 1. The average molecular weight is 445 g/mol. The summed E-state index contributed by atoms with van der Waals surface area (Å²) in [5.41, 5.74) is 3.68. The Morgan fingerprint density at radius 2 is 2.16 bits per heavy atom. The summed E-state index contributed by atoms with van der Waals surface area (Å²) in [6.07, 6.45) is 0.816. The molecule has 0 bridgehead atoms. The van der Waals surface area contributed by atoms with E-state index < -0.39 is 5.41 Å². The highest BCUT2D eigenvalue weighted by Gasteiger charge is 2.67. The zero-order valence-corrected chi connectivity index (χ0v) is 16.0. The molecule has 2 heterocycles. The minimum Gasteiger partial charge on any atom is -0.496 e. The maximum atomic E-state index is 13.1. The summed E-state index contributed by atoms with van der Waals surface area (Å²) in [7, 11) is 3.55. The van der Waals surface area contributed by atoms with E-state index in [1.807, 2.05) is 31.3 Å². The van der Waals surface area contributed by atoms with Gasteiger partial charge in [0.05, 0.1) is 18.0 Å². The lowest BCUT2D eigenvalue weighted by Crippen LogP contribution is -2.29. The van der Waals surface area contributed by atoms with Crippen LogP contribution in [0.15, 0.2) is 36.4 Å². The molecular weight excluding hydrogens is 429 g/mol. The summed E-state index contributed by atoms with van der Waals surface area (Å²) in [6.45, 7) is 0. The molecule has 1 saturated carbocycles. The molecule has 1 N–H and O–H groups in total. The molecule has 1 spiro atoms. The van der Waals surface area contributed by atoms with Crippen molar-refractivity contribution in [2.45, 2.75) is 17.8 Å². The first-order chi connectivity index (χ1) is 12.1. The Kier molecular flexibility index (Phi) is 3.02. The number of rotatable bonds is 2. The number of methoxy groups -OCH3 is 1. The number of benzene rings is 2. The van der Waals surface area contributed by atoms with E-state index in [1.165, 1.54) is 0 Å². The van der Waals surface area contributed by atoms with Gasteiger partial charge in [-0.15, -0.1) is 0 Å². The molecule has 3 aromatic rings. The monoisotopic (exact) mass is 445 g/mol. The first-order valence-electron chi connectivity index (χ1n) is 8.17. The number of halogens is 1. The first-order valence-corrected chi connectivity index (χ1v) is 9.25. The summed E-state index contributed by atoms with van der Waals surface area (Å²) in [4.78, 5) is 14.8. The molecule has 5 nitrogen and oxygen atoms in total. The van der Waals surface area contributed by atoms with Crippen LogP contribution in [0.1, 0.15) is 23.5 Å². The number of nitrogens with zero attached hydrogens (tertiary/aromatic N) is 2. The fourth-order valence-corrected chi connectivity index (χ4v) is 4.86. The molecule has 1 aliphatic heterocycles. The second-order valence-electron chi connectivity index (χ2n) is 6.76. The van der Waals surface area contributed by atoms with E-state index in [2.05, 4.69) is 44.9 Å². The van der Waals surface area contributed by atoms with Crippen molar-refractivity contribution in [2.75, 3.05) is 19.1 Å². The number of fused-ring (bicyclic) bond motifs is 3. The van der Waals surface area contributed by atoms with Gasteiger partial charge in [0.15, 0.2) is 0 Å². The van der Waals surface area contributed by atoms with Crippen molar-refractivity contribution in [1.29, 1.82) is 0 Å². The van der Waals surface area contributed by atoms with E-state index in [-0.39, 0.29) is 11.8 Å². The largest absolute Gasteiger partial charge is 0.496 e. The lowest BCUT2D eigenvalue weighted by molar-refractivity contribution is -0.120. The number of amides is 1. The molecule has 1 fully saturated rings. The van der Waals surface area contributed by atoms with Crippen LogP contribution in [-0.4, -0.2) is 30.3 Å². The first kappa shape index (κ1) is 15.2. The van der Waals surface area contributed by atoms with E-state index in [9.17, 15) is 4.79 Å². The Bertz CT molecular complexity index is 1040. The van der Waals surface area contributed by atoms with Gasteiger partial charge in [0.2, 0.25) is 5.91 Å². The smallest absolute Gasteiger partial charge is 0.238 e. The molecule has 1 aromatic heterocycles. The van der Waals surface area contributed by atoms with E-state index >= 15 is 0 Å². The molecule has 2 aliphatic rings. The molecule has 5 rings (SSSR count). The van der Waals surface area contributed by atoms with Gasteiger partial charge in [-0.05, 0) is 52.8 Å². The molecule has 6 heteroatoms. The average Bonchev–Trinajstić information content (AvgIpc) is 3.24. The minimum absolute atomic E-state index is 0.125. The number of H-pyrrole nitrogens is 1. The third-order valence-electron chi connectivity index (χ3n) is 5.63. The third-order valence-corrected chi connectivity index (χ3v) is 6.45. The maximum Gasteiger partial charge on any atom is 0.238 e. The Labute approximate surface area is 158 Å². The van der Waals surface area contributed by atoms with Crippen LogP contribution in [0.2, 0.25) is 0 Å². The van der Waals surface area contributed by atoms with Gasteiger partial charge in [-0.3, -0.25) is 9.89 Å². The van der Waals surface area contributed by atoms with Crippen molar-refractivity contribution in [3.8, 4) is 5.75 Å². The Morgan fingerprint density at radius 3 is 2.96 bits per heavy atom. The van der Waals surface area contributed by atoms with Gasteiger partial charge in [-0.25, -0.2) is 0 Å². The van der Waals surface area contributed by atoms with Gasteiger partial charge in [-0.2, -0.15) is 5.10 Å². The second-order valence-corrected chi connectivity index (χ2v) is 7.84. The number of hydrogen-bond acceptors (Lipinski definition) is 3. The molecule has 2 atom stereocenters. The Morgan fingerprint density at radius 1 is 1.36 bits per heavy atom. The van der Waals surface area contributed by atoms with E-state index in [1.54, 1.807) is 12.0 Å². The van der Waals surface area contributed by atoms with Crippen molar-refractivity contribution >= 4 is 45.1 Å². The number of nitrogens with one attached hydrogen (secondary N) is 1. The molecular formula is C19H16IN3O2. The summed E-state index contributed by atoms with van der Waals surface area (Å²) in [6, 6.07) is 12.2. The van der Waals surface area contributed by atoms with Crippen LogP contribution in [0.4, 0.5) is 5.69 Å². The number of ether oxygens (including phenoxy) is 1. The fraction of sp³-hybridized carbons (Fsp3) is 0.263. The van der Waals surface area contributed by atoms with Crippen LogP contribution in [0.25, 0.3) is 10.9 Å². The lowest BCUT2D eigenvalue weighted by Gasteiger charge is -2.13. The number of carbonyl (C=O) groups is 1. The van der Waals surface area contributed by atoms with Crippen molar-refractivity contribution in [3.05, 3.63) is 51.2 Å². The van der Waals surface area contributed by atoms with Crippen LogP contribution in [-0.2, 0) is 10.2 Å². The number of aromatic nitrogens is 2. The normalized spacial score (nSPS) is 24.2. The fourth-order valence-electron chi connectivity index (χ4n) is 4.31. The highest BCUT2D eigenvalue weighted by atomic mass is 127. The standard InChI is InChI=1S/C19H16IN3O2/c1-23-15-6-4-3-5-12(15)19(18(23)24)9-13(19)10-7-14-11(8-16(10)25-2)17(20)22-21-14/h3-8,13H,9H2,1-2H3,(H,21,22)/t13-,19-/m0/s1. The summed E-state index contributed by atoms with van der Waals surface area (Å²) >= 11 is 2.23. The molecule has 0 radical (unpaired) electrons. The molecule has 126 valence electrons. The Hall–Kier alpha value is -2.09. The number of carbonyl (C=O) groups excluding carboxylic acids is 1.